The van der Waals surface area contributed by atoms with Crippen LogP contribution < -0.4 is 10.6 Å². The average Bonchev–Trinajstić information content (AvgIpc) is 3.23. The van der Waals surface area contributed by atoms with Crippen LogP contribution >= 0.6 is 0 Å². The second kappa shape index (κ2) is 9.28. The molecule has 1 spiro atoms. The molecule has 1 aromatic carbocycles. The van der Waals surface area contributed by atoms with E-state index in [1.54, 1.807) is 0 Å². The summed E-state index contributed by atoms with van der Waals surface area (Å²) in [5, 5.41) is 5.66. The van der Waals surface area contributed by atoms with Gasteiger partial charge in [0.2, 0.25) is 11.9 Å². The van der Waals surface area contributed by atoms with Crippen LogP contribution in [0.1, 0.15) is 46.0 Å². The van der Waals surface area contributed by atoms with Gasteiger partial charge in [-0.2, -0.15) is 0 Å². The summed E-state index contributed by atoms with van der Waals surface area (Å²) in [4.78, 5) is 43.9. The van der Waals surface area contributed by atoms with Crippen LogP contribution in [-0.2, 0) is 20.9 Å². The van der Waals surface area contributed by atoms with E-state index in [2.05, 4.69) is 22.5 Å². The number of nitrogens with one attached hydrogen (secondary N) is 2. The van der Waals surface area contributed by atoms with Gasteiger partial charge in [0.05, 0.1) is 11.0 Å². The number of rotatable bonds is 8. The maximum Gasteiger partial charge on any atom is 0.325 e. The van der Waals surface area contributed by atoms with Crippen molar-refractivity contribution in [2.45, 2.75) is 58.0 Å². The quantitative estimate of drug-likeness (QED) is 0.484. The van der Waals surface area contributed by atoms with Crippen molar-refractivity contribution in [3.05, 3.63) is 24.3 Å². The van der Waals surface area contributed by atoms with Gasteiger partial charge in [0, 0.05) is 19.8 Å². The predicted octanol–water partition coefficient (Wildman–Crippen LogP) is 2.90. The summed E-state index contributed by atoms with van der Waals surface area (Å²) in [5.41, 5.74) is 0.824. The maximum atomic E-state index is 13.0. The van der Waals surface area contributed by atoms with E-state index in [4.69, 9.17) is 4.74 Å². The summed E-state index contributed by atoms with van der Waals surface area (Å²) in [6, 6.07) is 7.15. The third-order valence-electron chi connectivity index (χ3n) is 6.46. The largest absolute Gasteiger partial charge is 0.382 e. The molecule has 1 saturated heterocycles. The zero-order valence-electron chi connectivity index (χ0n) is 18.7. The fraction of sp³-hybridized carbons (Fsp3) is 0.565. The number of anilines is 1. The lowest BCUT2D eigenvalue weighted by Gasteiger charge is -2.33. The van der Waals surface area contributed by atoms with Crippen molar-refractivity contribution in [2.24, 2.45) is 5.92 Å². The third kappa shape index (κ3) is 4.34. The first-order valence-electron chi connectivity index (χ1n) is 11.4. The highest BCUT2D eigenvalue weighted by molar-refractivity contribution is 6.10. The number of hydrogen-bond donors (Lipinski definition) is 2. The Bertz CT molecular complexity index is 1010. The zero-order valence-corrected chi connectivity index (χ0v) is 18.7. The van der Waals surface area contributed by atoms with Crippen molar-refractivity contribution in [3.8, 4) is 0 Å². The molecule has 1 aliphatic heterocycles. The number of urea groups is 1. The number of nitrogens with zero attached hydrogens (tertiary/aromatic N) is 3. The third-order valence-corrected chi connectivity index (χ3v) is 6.46. The number of hydrogen-bond acceptors (Lipinski definition) is 5. The van der Waals surface area contributed by atoms with Gasteiger partial charge in [0.25, 0.3) is 5.91 Å². The first kappa shape index (κ1) is 22.3. The van der Waals surface area contributed by atoms with Crippen molar-refractivity contribution in [1.29, 1.82) is 0 Å². The lowest BCUT2D eigenvalue weighted by atomic mass is 9.77. The van der Waals surface area contributed by atoms with E-state index in [1.165, 1.54) is 0 Å². The van der Waals surface area contributed by atoms with Gasteiger partial charge in [-0.1, -0.05) is 19.1 Å². The van der Waals surface area contributed by atoms with Crippen molar-refractivity contribution < 1.29 is 19.1 Å². The predicted molar refractivity (Wildman–Crippen MR) is 120 cm³/mol. The molecule has 0 atom stereocenters. The van der Waals surface area contributed by atoms with Gasteiger partial charge < -0.3 is 14.6 Å². The van der Waals surface area contributed by atoms with Crippen molar-refractivity contribution >= 4 is 34.8 Å². The van der Waals surface area contributed by atoms with Crippen LogP contribution in [0.4, 0.5) is 10.7 Å². The second-order valence-electron chi connectivity index (χ2n) is 8.76. The fourth-order valence-electron chi connectivity index (χ4n) is 4.59. The Morgan fingerprint density at radius 3 is 2.78 bits per heavy atom. The molecular weight excluding hydrogens is 410 g/mol. The minimum Gasteiger partial charge on any atom is -0.382 e. The van der Waals surface area contributed by atoms with Crippen LogP contribution in [0.3, 0.4) is 0 Å². The number of imidazole rings is 1. The summed E-state index contributed by atoms with van der Waals surface area (Å²) in [5.74, 6) is 0.199. The van der Waals surface area contributed by atoms with Crippen molar-refractivity contribution in [3.63, 3.8) is 0 Å². The lowest BCUT2D eigenvalue weighted by Crippen LogP contribution is -2.49. The normalized spacial score (nSPS) is 23.2. The Hall–Kier alpha value is -2.94. The van der Waals surface area contributed by atoms with Crippen LogP contribution in [0.5, 0.6) is 0 Å². The molecule has 4 rings (SSSR count). The Balaban J connectivity index is 1.46. The number of aromatic nitrogens is 2. The number of carbonyl (C=O) groups excluding carboxylic acids is 3. The van der Waals surface area contributed by atoms with Gasteiger partial charge in [0.1, 0.15) is 12.1 Å². The first-order valence-corrected chi connectivity index (χ1v) is 11.4. The van der Waals surface area contributed by atoms with Crippen LogP contribution in [0.25, 0.3) is 11.0 Å². The Labute approximate surface area is 187 Å². The number of benzene rings is 1. The minimum atomic E-state index is -0.851. The van der Waals surface area contributed by atoms with Gasteiger partial charge >= 0.3 is 6.03 Å². The Morgan fingerprint density at radius 2 is 2.03 bits per heavy atom. The van der Waals surface area contributed by atoms with Gasteiger partial charge in [0.15, 0.2) is 0 Å². The molecule has 0 unspecified atom stereocenters. The van der Waals surface area contributed by atoms with Crippen LogP contribution in [0.15, 0.2) is 24.3 Å². The molecule has 2 N–H and O–H groups in total. The molecule has 2 fully saturated rings. The second-order valence-corrected chi connectivity index (χ2v) is 8.76. The average molecular weight is 442 g/mol. The van der Waals surface area contributed by atoms with Gasteiger partial charge in [-0.05, 0) is 57.1 Å². The van der Waals surface area contributed by atoms with Crippen molar-refractivity contribution in [1.82, 2.24) is 19.8 Å². The number of imide groups is 1. The molecule has 172 valence electrons. The van der Waals surface area contributed by atoms with E-state index >= 15 is 0 Å². The summed E-state index contributed by atoms with van der Waals surface area (Å²) >= 11 is 0. The summed E-state index contributed by atoms with van der Waals surface area (Å²) < 4.78 is 7.36. The maximum absolute atomic E-state index is 13.0. The molecule has 32 heavy (non-hydrogen) atoms. The molecule has 9 heteroatoms. The van der Waals surface area contributed by atoms with Crippen molar-refractivity contribution in [2.75, 3.05) is 25.1 Å². The van der Waals surface area contributed by atoms with Gasteiger partial charge in [-0.3, -0.25) is 19.8 Å². The standard InChI is InChI=1S/C23H31N5O4/c1-3-32-14-6-13-27-18-8-5-4-7-17(18)24-21(27)25-19(29)15-28-20(30)23(26-22(28)31)11-9-16(2)10-12-23/h4-5,7-8,16H,3,6,9-15H2,1-2H3,(H,26,31)(H,24,25,29). The fourth-order valence-corrected chi connectivity index (χ4v) is 4.59. The smallest absolute Gasteiger partial charge is 0.325 e. The van der Waals surface area contributed by atoms with E-state index in [-0.39, 0.29) is 12.5 Å². The highest BCUT2D eigenvalue weighted by atomic mass is 16.5. The van der Waals surface area contributed by atoms with E-state index in [9.17, 15) is 14.4 Å². The molecule has 0 radical (unpaired) electrons. The molecule has 1 aromatic heterocycles. The molecule has 4 amide bonds. The summed E-state index contributed by atoms with van der Waals surface area (Å²) in [6.07, 6.45) is 3.78. The number of fused-ring (bicyclic) bond motifs is 1. The van der Waals surface area contributed by atoms with E-state index in [1.807, 2.05) is 35.8 Å². The summed E-state index contributed by atoms with van der Waals surface area (Å²) in [6.45, 7) is 5.66. The number of carbonyl (C=O) groups is 3. The molecule has 1 saturated carbocycles. The Morgan fingerprint density at radius 1 is 1.28 bits per heavy atom. The Kier molecular flexibility index (Phi) is 6.45. The monoisotopic (exact) mass is 441 g/mol. The topological polar surface area (TPSA) is 106 Å². The SMILES string of the molecule is CCOCCCn1c(NC(=O)CN2C(=O)NC3(CCC(C)CC3)C2=O)nc2ccccc21. The van der Waals surface area contributed by atoms with E-state index in [0.29, 0.717) is 44.5 Å². The minimum absolute atomic E-state index is 0.297. The molecule has 2 heterocycles. The molecular formula is C23H31N5O4. The van der Waals surface area contributed by atoms with Crippen LogP contribution in [0, 0.1) is 5.92 Å². The highest BCUT2D eigenvalue weighted by Gasteiger charge is 2.52. The zero-order chi connectivity index (χ0) is 22.7. The number of aryl methyl sites for hydroxylation is 1. The molecule has 1 aliphatic carbocycles. The van der Waals surface area contributed by atoms with E-state index in [0.717, 1.165) is 35.2 Å². The highest BCUT2D eigenvalue weighted by Crippen LogP contribution is 2.36. The number of ether oxygens (including phenoxy) is 1. The molecule has 9 nitrogen and oxygen atoms in total. The molecule has 0 bridgehead atoms. The lowest BCUT2D eigenvalue weighted by molar-refractivity contribution is -0.135. The summed E-state index contributed by atoms with van der Waals surface area (Å²) in [7, 11) is 0. The molecule has 2 aliphatic rings. The molecule has 2 aromatic rings. The number of amides is 4. The van der Waals surface area contributed by atoms with Gasteiger partial charge in [-0.15, -0.1) is 0 Å². The van der Waals surface area contributed by atoms with Gasteiger partial charge in [-0.25, -0.2) is 9.78 Å². The first-order chi connectivity index (χ1) is 15.4. The van der Waals surface area contributed by atoms with Crippen LogP contribution in [-0.4, -0.2) is 57.6 Å². The van der Waals surface area contributed by atoms with E-state index < -0.39 is 17.5 Å². The number of para-hydroxylation sites is 2. The van der Waals surface area contributed by atoms with Crippen LogP contribution in [0.2, 0.25) is 0 Å².